The number of hydrogen-bond acceptors (Lipinski definition) is 3. The molecule has 1 fully saturated rings. The van der Waals surface area contributed by atoms with Crippen LogP contribution in [0.15, 0.2) is 22.8 Å². The van der Waals surface area contributed by atoms with Crippen molar-refractivity contribution in [2.45, 2.75) is 38.8 Å². The molecule has 4 heteroatoms. The van der Waals surface area contributed by atoms with Crippen molar-refractivity contribution in [3.63, 3.8) is 0 Å². The molecule has 1 saturated heterocycles. The lowest BCUT2D eigenvalue weighted by molar-refractivity contribution is -0.132. The number of carbonyl (C=O) groups is 1. The molecule has 1 aromatic rings. The van der Waals surface area contributed by atoms with Crippen molar-refractivity contribution in [2.24, 2.45) is 0 Å². The number of likely N-dealkylation sites (tertiary alicyclic amines) is 1. The van der Waals surface area contributed by atoms with Crippen molar-refractivity contribution in [2.75, 3.05) is 13.1 Å². The van der Waals surface area contributed by atoms with E-state index in [0.29, 0.717) is 0 Å². The molecule has 0 bridgehead atoms. The molecule has 0 aliphatic carbocycles. The highest BCUT2D eigenvalue weighted by Crippen LogP contribution is 2.15. The van der Waals surface area contributed by atoms with Crippen LogP contribution in [0.3, 0.4) is 0 Å². The molecular weight excluding hydrogens is 216 g/mol. The molecule has 4 nitrogen and oxygen atoms in total. The van der Waals surface area contributed by atoms with E-state index in [1.807, 2.05) is 30.9 Å². The molecule has 1 aliphatic heterocycles. The largest absolute Gasteiger partial charge is 0.468 e. The summed E-state index contributed by atoms with van der Waals surface area (Å²) >= 11 is 0. The Labute approximate surface area is 102 Å². The van der Waals surface area contributed by atoms with Crippen LogP contribution in [0, 0.1) is 0 Å². The monoisotopic (exact) mass is 236 g/mol. The first-order chi connectivity index (χ1) is 8.18. The van der Waals surface area contributed by atoms with Crippen molar-refractivity contribution >= 4 is 5.91 Å². The van der Waals surface area contributed by atoms with Gasteiger partial charge in [0, 0.05) is 13.1 Å². The molecule has 1 aliphatic rings. The second-order valence-electron chi connectivity index (χ2n) is 4.66. The number of furan rings is 1. The van der Waals surface area contributed by atoms with Crippen LogP contribution in [0.25, 0.3) is 0 Å². The fraction of sp³-hybridized carbons (Fsp3) is 0.615. The Balaban J connectivity index is 1.87. The molecule has 0 spiro atoms. The van der Waals surface area contributed by atoms with Crippen LogP contribution >= 0.6 is 0 Å². The summed E-state index contributed by atoms with van der Waals surface area (Å²) in [5.74, 6) is 1.06. The molecule has 0 saturated carbocycles. The normalized spacial score (nSPS) is 19.3. The highest BCUT2D eigenvalue weighted by Gasteiger charge is 2.24. The molecular formula is C13H20N2O2. The molecule has 2 heterocycles. The quantitative estimate of drug-likeness (QED) is 0.869. The minimum absolute atomic E-state index is 0.0616. The molecule has 1 N–H and O–H groups in total. The van der Waals surface area contributed by atoms with Gasteiger partial charge in [0.15, 0.2) is 0 Å². The van der Waals surface area contributed by atoms with Crippen LogP contribution in [-0.2, 0) is 4.79 Å². The number of hydrogen-bond donors (Lipinski definition) is 1. The zero-order valence-electron chi connectivity index (χ0n) is 10.5. The first kappa shape index (κ1) is 12.2. The maximum Gasteiger partial charge on any atom is 0.239 e. The predicted octanol–water partition coefficient (Wildman–Crippen LogP) is 1.94. The van der Waals surface area contributed by atoms with Gasteiger partial charge in [0.05, 0.1) is 18.3 Å². The summed E-state index contributed by atoms with van der Waals surface area (Å²) in [6.45, 7) is 5.73. The van der Waals surface area contributed by atoms with Gasteiger partial charge in [-0.1, -0.05) is 0 Å². The number of nitrogens with one attached hydrogen (secondary N) is 1. The summed E-state index contributed by atoms with van der Waals surface area (Å²) in [6, 6.07) is 3.69. The van der Waals surface area contributed by atoms with E-state index in [1.54, 1.807) is 6.26 Å². The summed E-state index contributed by atoms with van der Waals surface area (Å²) in [5.41, 5.74) is 0. The average Bonchev–Trinajstić information content (AvgIpc) is 3.00. The molecule has 1 aromatic heterocycles. The molecule has 17 heavy (non-hydrogen) atoms. The molecule has 0 radical (unpaired) electrons. The highest BCUT2D eigenvalue weighted by atomic mass is 16.3. The Morgan fingerprint density at radius 3 is 2.71 bits per heavy atom. The zero-order chi connectivity index (χ0) is 12.3. The molecule has 1 amide bonds. The van der Waals surface area contributed by atoms with E-state index >= 15 is 0 Å². The summed E-state index contributed by atoms with van der Waals surface area (Å²) < 4.78 is 5.31. The second kappa shape index (κ2) is 5.36. The third-order valence-electron chi connectivity index (χ3n) is 3.26. The van der Waals surface area contributed by atoms with Crippen LogP contribution in [0.5, 0.6) is 0 Å². The minimum atomic E-state index is -0.159. The van der Waals surface area contributed by atoms with Gasteiger partial charge in [0.1, 0.15) is 5.76 Å². The minimum Gasteiger partial charge on any atom is -0.468 e. The topological polar surface area (TPSA) is 45.5 Å². The van der Waals surface area contributed by atoms with Gasteiger partial charge >= 0.3 is 0 Å². The van der Waals surface area contributed by atoms with E-state index in [0.717, 1.165) is 31.7 Å². The van der Waals surface area contributed by atoms with Gasteiger partial charge in [0.2, 0.25) is 5.91 Å². The molecule has 0 aromatic carbocycles. The number of rotatable bonds is 4. The number of nitrogens with zero attached hydrogens (tertiary/aromatic N) is 1. The first-order valence-electron chi connectivity index (χ1n) is 6.26. The summed E-state index contributed by atoms with van der Waals surface area (Å²) in [4.78, 5) is 14.0. The van der Waals surface area contributed by atoms with Gasteiger partial charge in [-0.05, 0) is 38.8 Å². The van der Waals surface area contributed by atoms with E-state index in [9.17, 15) is 4.79 Å². The van der Waals surface area contributed by atoms with Crippen molar-refractivity contribution in [3.05, 3.63) is 24.2 Å². The maximum absolute atomic E-state index is 12.1. The third-order valence-corrected chi connectivity index (χ3v) is 3.26. The van der Waals surface area contributed by atoms with Gasteiger partial charge in [-0.15, -0.1) is 0 Å². The lowest BCUT2D eigenvalue weighted by atomic mass is 10.2. The maximum atomic E-state index is 12.1. The van der Waals surface area contributed by atoms with Gasteiger partial charge < -0.3 is 9.32 Å². The predicted molar refractivity (Wildman–Crippen MR) is 65.5 cm³/mol. The van der Waals surface area contributed by atoms with Crippen molar-refractivity contribution in [3.8, 4) is 0 Å². The zero-order valence-corrected chi connectivity index (χ0v) is 10.5. The van der Waals surface area contributed by atoms with Crippen molar-refractivity contribution in [1.29, 1.82) is 0 Å². The van der Waals surface area contributed by atoms with Gasteiger partial charge in [-0.25, -0.2) is 0 Å². The van der Waals surface area contributed by atoms with E-state index in [1.165, 1.54) is 0 Å². The van der Waals surface area contributed by atoms with Gasteiger partial charge in [0.25, 0.3) is 0 Å². The molecule has 94 valence electrons. The number of amides is 1. The smallest absolute Gasteiger partial charge is 0.239 e. The van der Waals surface area contributed by atoms with E-state index in [2.05, 4.69) is 5.32 Å². The second-order valence-corrected chi connectivity index (χ2v) is 4.66. The molecule has 2 rings (SSSR count). The van der Waals surface area contributed by atoms with E-state index < -0.39 is 0 Å². The molecule has 2 atom stereocenters. The van der Waals surface area contributed by atoms with Crippen LogP contribution in [-0.4, -0.2) is 29.9 Å². The van der Waals surface area contributed by atoms with E-state index in [-0.39, 0.29) is 18.0 Å². The lowest BCUT2D eigenvalue weighted by Crippen LogP contribution is -2.44. The summed E-state index contributed by atoms with van der Waals surface area (Å²) in [5, 5.41) is 3.27. The fourth-order valence-corrected chi connectivity index (χ4v) is 2.28. The van der Waals surface area contributed by atoms with Gasteiger partial charge in [-0.2, -0.15) is 0 Å². The third kappa shape index (κ3) is 2.88. The van der Waals surface area contributed by atoms with Crippen LogP contribution in [0.4, 0.5) is 0 Å². The lowest BCUT2D eigenvalue weighted by Gasteiger charge is -2.23. The average molecular weight is 236 g/mol. The molecule has 1 unspecified atom stereocenters. The van der Waals surface area contributed by atoms with Crippen molar-refractivity contribution in [1.82, 2.24) is 10.2 Å². The summed E-state index contributed by atoms with van der Waals surface area (Å²) in [7, 11) is 0. The van der Waals surface area contributed by atoms with Crippen LogP contribution in [0.1, 0.15) is 38.5 Å². The first-order valence-corrected chi connectivity index (χ1v) is 6.26. The van der Waals surface area contributed by atoms with Crippen LogP contribution < -0.4 is 5.32 Å². The van der Waals surface area contributed by atoms with Crippen molar-refractivity contribution < 1.29 is 9.21 Å². The summed E-state index contributed by atoms with van der Waals surface area (Å²) in [6.07, 6.45) is 3.92. The Morgan fingerprint density at radius 1 is 1.41 bits per heavy atom. The number of carbonyl (C=O) groups excluding carboxylic acids is 1. The Hall–Kier alpha value is -1.29. The van der Waals surface area contributed by atoms with Crippen LogP contribution in [0.2, 0.25) is 0 Å². The van der Waals surface area contributed by atoms with Gasteiger partial charge in [-0.3, -0.25) is 10.1 Å². The Kier molecular flexibility index (Phi) is 3.84. The SMILES string of the molecule is CC(N[C@H](C)c1ccco1)C(=O)N1CCCC1. The van der Waals surface area contributed by atoms with E-state index in [4.69, 9.17) is 4.42 Å². The Morgan fingerprint density at radius 2 is 2.12 bits per heavy atom. The standard InChI is InChI=1S/C13H20N2O2/c1-10(12-6-5-9-17-12)14-11(2)13(16)15-7-3-4-8-15/h5-6,9-11,14H,3-4,7-8H2,1-2H3/t10-,11?/m1/s1. The fourth-order valence-electron chi connectivity index (χ4n) is 2.28. The Bertz CT molecular complexity index is 356. The highest BCUT2D eigenvalue weighted by molar-refractivity contribution is 5.81.